The number of aliphatic hydroxyl groups is 1. The molecule has 0 spiro atoms. The summed E-state index contributed by atoms with van der Waals surface area (Å²) in [4.78, 5) is 16.8. The van der Waals surface area contributed by atoms with E-state index in [1.165, 1.54) is 43.5 Å². The highest BCUT2D eigenvalue weighted by Crippen LogP contribution is 2.31. The molecule has 35 heavy (non-hydrogen) atoms. The number of rotatable bonds is 10. The minimum absolute atomic E-state index is 0.00481. The number of anilines is 1. The molecule has 4 aromatic rings. The maximum absolute atomic E-state index is 13.7. The van der Waals surface area contributed by atoms with Crippen LogP contribution in [-0.4, -0.2) is 43.8 Å². The maximum Gasteiger partial charge on any atom is 0.191 e. The molecule has 0 amide bonds. The molecule has 9 heteroatoms. The van der Waals surface area contributed by atoms with Crippen molar-refractivity contribution in [3.63, 3.8) is 0 Å². The van der Waals surface area contributed by atoms with E-state index in [1.807, 2.05) is 24.3 Å². The topological polar surface area (TPSA) is 108 Å². The number of carbonyl (C=O) groups excluding carboxylic acids is 1. The van der Waals surface area contributed by atoms with Gasteiger partial charge in [0, 0.05) is 41.0 Å². The zero-order valence-electron chi connectivity index (χ0n) is 19.0. The van der Waals surface area contributed by atoms with E-state index in [0.717, 1.165) is 10.9 Å². The third-order valence-corrected chi connectivity index (χ3v) is 7.46. The maximum atomic E-state index is 13.7. The van der Waals surface area contributed by atoms with E-state index in [9.17, 15) is 17.6 Å². The number of hydrogen-bond donors (Lipinski definition) is 3. The molecule has 0 aliphatic rings. The van der Waals surface area contributed by atoms with E-state index in [0.29, 0.717) is 16.8 Å². The van der Waals surface area contributed by atoms with E-state index in [-0.39, 0.29) is 35.2 Å². The minimum atomic E-state index is -3.70. The van der Waals surface area contributed by atoms with E-state index in [2.05, 4.69) is 10.3 Å². The Hall–Kier alpha value is -3.69. The van der Waals surface area contributed by atoms with Crippen molar-refractivity contribution in [2.75, 3.05) is 24.8 Å². The third kappa shape index (κ3) is 5.36. The number of fused-ring (bicyclic) bond motifs is 1. The molecule has 0 fully saturated rings. The monoisotopic (exact) mass is 496 g/mol. The molecule has 1 aromatic heterocycles. The van der Waals surface area contributed by atoms with Crippen LogP contribution in [0.2, 0.25) is 0 Å². The normalized spacial score (nSPS) is 12.4. The van der Waals surface area contributed by atoms with Crippen molar-refractivity contribution in [2.45, 2.75) is 17.4 Å². The smallest absolute Gasteiger partial charge is 0.191 e. The molecule has 0 aliphatic heterocycles. The highest BCUT2D eigenvalue weighted by Gasteiger charge is 2.26. The van der Waals surface area contributed by atoms with Crippen LogP contribution in [-0.2, 0) is 9.84 Å². The number of aromatic amines is 1. The molecule has 0 saturated carbocycles. The van der Waals surface area contributed by atoms with Crippen LogP contribution in [0.4, 0.5) is 10.1 Å². The SMILES string of the molecule is COc1cc(NC(C(=O)c2c[nH]c3ccccc23)c2ccc(F)cc2)cc(S(=O)(=O)CCCO)c1. The number of aliphatic hydroxyl groups excluding tert-OH is 1. The van der Waals surface area contributed by atoms with Gasteiger partial charge in [-0.05, 0) is 42.3 Å². The number of halogens is 1. The molecule has 4 rings (SSSR count). The van der Waals surface area contributed by atoms with E-state index >= 15 is 0 Å². The van der Waals surface area contributed by atoms with Crippen molar-refractivity contribution in [3.8, 4) is 5.75 Å². The number of ketones is 1. The highest BCUT2D eigenvalue weighted by molar-refractivity contribution is 7.91. The van der Waals surface area contributed by atoms with Crippen LogP contribution in [0.1, 0.15) is 28.4 Å². The van der Waals surface area contributed by atoms with Crippen LogP contribution in [0, 0.1) is 5.82 Å². The van der Waals surface area contributed by atoms with Crippen molar-refractivity contribution in [3.05, 3.63) is 89.9 Å². The van der Waals surface area contributed by atoms with Crippen LogP contribution in [0.15, 0.2) is 77.8 Å². The summed E-state index contributed by atoms with van der Waals surface area (Å²) in [5.41, 5.74) is 2.09. The van der Waals surface area contributed by atoms with Crippen molar-refractivity contribution in [2.24, 2.45) is 0 Å². The van der Waals surface area contributed by atoms with Crippen LogP contribution < -0.4 is 10.1 Å². The predicted molar refractivity (Wildman–Crippen MR) is 132 cm³/mol. The molecule has 3 N–H and O–H groups in total. The van der Waals surface area contributed by atoms with Gasteiger partial charge >= 0.3 is 0 Å². The number of methoxy groups -OCH3 is 1. The summed E-state index contributed by atoms with van der Waals surface area (Å²) in [5, 5.41) is 12.9. The second-order valence-corrected chi connectivity index (χ2v) is 10.1. The Labute approximate surface area is 202 Å². The van der Waals surface area contributed by atoms with Gasteiger partial charge in [0.05, 0.1) is 17.8 Å². The largest absolute Gasteiger partial charge is 0.497 e. The standard InChI is InChI=1S/C26H25FN2O5S/c1-34-20-13-19(14-21(15-20)35(32,33)12-4-11-30)29-25(17-7-9-18(27)10-8-17)26(31)23-16-28-24-6-3-2-5-22(23)24/h2-3,5-10,13-16,25,28-30H,4,11-12H2,1H3. The van der Waals surface area contributed by atoms with Crippen LogP contribution >= 0.6 is 0 Å². The molecular formula is C26H25FN2O5S. The summed E-state index contributed by atoms with van der Waals surface area (Å²) in [7, 11) is -2.28. The highest BCUT2D eigenvalue weighted by atomic mass is 32.2. The van der Waals surface area contributed by atoms with Crippen LogP contribution in [0.5, 0.6) is 5.75 Å². The molecule has 3 aromatic carbocycles. The van der Waals surface area contributed by atoms with Gasteiger partial charge in [-0.2, -0.15) is 0 Å². The Kier molecular flexibility index (Phi) is 7.18. The number of ether oxygens (including phenoxy) is 1. The zero-order valence-corrected chi connectivity index (χ0v) is 19.8. The molecule has 1 atom stereocenters. The lowest BCUT2D eigenvalue weighted by Gasteiger charge is -2.20. The number of hydrogen-bond acceptors (Lipinski definition) is 6. The molecule has 7 nitrogen and oxygen atoms in total. The quantitative estimate of drug-likeness (QED) is 0.279. The molecule has 0 aliphatic carbocycles. The molecule has 0 bridgehead atoms. The summed E-state index contributed by atoms with van der Waals surface area (Å²) in [6.07, 6.45) is 1.72. The Morgan fingerprint density at radius 3 is 2.57 bits per heavy atom. The Bertz CT molecular complexity index is 1450. The van der Waals surface area contributed by atoms with Gasteiger partial charge in [-0.1, -0.05) is 30.3 Å². The van der Waals surface area contributed by atoms with E-state index < -0.39 is 21.7 Å². The van der Waals surface area contributed by atoms with Crippen LogP contribution in [0.25, 0.3) is 10.9 Å². The summed E-state index contributed by atoms with van der Waals surface area (Å²) in [6, 6.07) is 16.4. The predicted octanol–water partition coefficient (Wildman–Crippen LogP) is 4.51. The molecule has 182 valence electrons. The number of carbonyl (C=O) groups is 1. The number of Topliss-reactive ketones (excluding diaryl/α,β-unsaturated/α-hetero) is 1. The number of H-pyrrole nitrogens is 1. The van der Waals surface area contributed by atoms with Gasteiger partial charge in [-0.15, -0.1) is 0 Å². The first-order chi connectivity index (χ1) is 16.8. The van der Waals surface area contributed by atoms with Crippen molar-refractivity contribution >= 4 is 32.2 Å². The fourth-order valence-electron chi connectivity index (χ4n) is 3.88. The summed E-state index contributed by atoms with van der Waals surface area (Å²) in [6.45, 7) is -0.250. The van der Waals surface area contributed by atoms with Gasteiger partial charge in [-0.3, -0.25) is 4.79 Å². The molecule has 0 radical (unpaired) electrons. The zero-order chi connectivity index (χ0) is 25.0. The van der Waals surface area contributed by atoms with Crippen molar-refractivity contribution in [1.82, 2.24) is 4.98 Å². The first kappa shape index (κ1) is 24.4. The van der Waals surface area contributed by atoms with E-state index in [1.54, 1.807) is 12.3 Å². The second kappa shape index (κ2) is 10.3. The van der Waals surface area contributed by atoms with Gasteiger partial charge in [0.25, 0.3) is 0 Å². The number of para-hydroxylation sites is 1. The number of sulfone groups is 1. The molecule has 0 saturated heterocycles. The van der Waals surface area contributed by atoms with Crippen molar-refractivity contribution < 1.29 is 27.4 Å². The minimum Gasteiger partial charge on any atom is -0.497 e. The first-order valence-corrected chi connectivity index (χ1v) is 12.6. The van der Waals surface area contributed by atoms with E-state index in [4.69, 9.17) is 9.84 Å². The Morgan fingerprint density at radius 1 is 1.11 bits per heavy atom. The molecule has 1 unspecified atom stereocenters. The molecule has 1 heterocycles. The van der Waals surface area contributed by atoms with Gasteiger partial charge in [0.2, 0.25) is 0 Å². The van der Waals surface area contributed by atoms with Gasteiger partial charge in [0.1, 0.15) is 17.6 Å². The fourth-order valence-corrected chi connectivity index (χ4v) is 5.23. The van der Waals surface area contributed by atoms with Crippen LogP contribution in [0.3, 0.4) is 0 Å². The molecular weight excluding hydrogens is 471 g/mol. The number of aromatic nitrogens is 1. The third-order valence-electron chi connectivity index (χ3n) is 5.68. The fraction of sp³-hybridized carbons (Fsp3) is 0.192. The Morgan fingerprint density at radius 2 is 1.86 bits per heavy atom. The summed E-state index contributed by atoms with van der Waals surface area (Å²) < 4.78 is 44.5. The van der Waals surface area contributed by atoms with Gasteiger partial charge in [0.15, 0.2) is 15.6 Å². The average Bonchev–Trinajstić information content (AvgIpc) is 3.30. The first-order valence-electron chi connectivity index (χ1n) is 11.0. The summed E-state index contributed by atoms with van der Waals surface area (Å²) >= 11 is 0. The lowest BCUT2D eigenvalue weighted by atomic mass is 9.96. The van der Waals surface area contributed by atoms with Crippen molar-refractivity contribution in [1.29, 1.82) is 0 Å². The Balaban J connectivity index is 1.77. The second-order valence-electron chi connectivity index (χ2n) is 8.03. The van der Waals surface area contributed by atoms with Gasteiger partial charge < -0.3 is 20.1 Å². The number of benzene rings is 3. The lowest BCUT2D eigenvalue weighted by Crippen LogP contribution is -2.21. The lowest BCUT2D eigenvalue weighted by molar-refractivity contribution is 0.0971. The number of nitrogens with one attached hydrogen (secondary N) is 2. The average molecular weight is 497 g/mol. The van der Waals surface area contributed by atoms with Gasteiger partial charge in [-0.25, -0.2) is 12.8 Å². The summed E-state index contributed by atoms with van der Waals surface area (Å²) in [5.74, 6) is -0.659.